The molecule has 1 N–H and O–H groups in total. The van der Waals surface area contributed by atoms with Crippen molar-refractivity contribution >= 4 is 10.8 Å². The van der Waals surface area contributed by atoms with Crippen molar-refractivity contribution in [2.75, 3.05) is 6.54 Å². The predicted molar refractivity (Wildman–Crippen MR) is 80.1 cm³/mol. The summed E-state index contributed by atoms with van der Waals surface area (Å²) in [7, 11) is 0. The van der Waals surface area contributed by atoms with E-state index in [-0.39, 0.29) is 0 Å². The fourth-order valence-corrected chi connectivity index (χ4v) is 2.80. The van der Waals surface area contributed by atoms with Gasteiger partial charge in [-0.1, -0.05) is 63.2 Å². The summed E-state index contributed by atoms with van der Waals surface area (Å²) < 4.78 is 0. The zero-order valence-corrected chi connectivity index (χ0v) is 11.6. The van der Waals surface area contributed by atoms with Crippen LogP contribution in [0, 0.1) is 0 Å². The average molecular weight is 241 g/mol. The molecule has 0 radical (unpaired) electrons. The van der Waals surface area contributed by atoms with Crippen molar-refractivity contribution in [2.24, 2.45) is 0 Å². The third kappa shape index (κ3) is 2.56. The molecule has 0 heterocycles. The minimum Gasteiger partial charge on any atom is -0.314 e. The van der Waals surface area contributed by atoms with Gasteiger partial charge in [-0.25, -0.2) is 0 Å². The summed E-state index contributed by atoms with van der Waals surface area (Å²) in [6.07, 6.45) is 1.16. The lowest BCUT2D eigenvalue weighted by Crippen LogP contribution is -2.33. The summed E-state index contributed by atoms with van der Waals surface area (Å²) in [5.74, 6) is 0.543. The molecule has 0 spiro atoms. The average Bonchev–Trinajstić information content (AvgIpc) is 2.43. The van der Waals surface area contributed by atoms with Gasteiger partial charge in [0, 0.05) is 6.04 Å². The molecule has 2 atom stereocenters. The fraction of sp³-hybridized carbons (Fsp3) is 0.412. The number of rotatable bonds is 5. The highest BCUT2D eigenvalue weighted by molar-refractivity contribution is 5.86. The number of benzene rings is 2. The molecule has 1 heteroatoms. The van der Waals surface area contributed by atoms with Gasteiger partial charge in [0.2, 0.25) is 0 Å². The van der Waals surface area contributed by atoms with Crippen molar-refractivity contribution in [3.05, 3.63) is 48.0 Å². The first-order valence-corrected chi connectivity index (χ1v) is 6.99. The van der Waals surface area contributed by atoms with Crippen LogP contribution < -0.4 is 5.32 Å². The van der Waals surface area contributed by atoms with Gasteiger partial charge in [-0.3, -0.25) is 0 Å². The molecular formula is C17H23N. The van der Waals surface area contributed by atoms with Crippen LogP contribution in [0.5, 0.6) is 0 Å². The second-order valence-corrected chi connectivity index (χ2v) is 4.93. The molecule has 0 saturated carbocycles. The molecule has 1 nitrogen and oxygen atoms in total. The maximum Gasteiger partial charge on any atom is 0.0131 e. The first-order chi connectivity index (χ1) is 8.77. The van der Waals surface area contributed by atoms with Crippen LogP contribution in [0.2, 0.25) is 0 Å². The predicted octanol–water partition coefficient (Wildman–Crippen LogP) is 4.33. The van der Waals surface area contributed by atoms with Crippen LogP contribution in [0.25, 0.3) is 10.8 Å². The molecule has 0 aromatic heterocycles. The zero-order valence-electron chi connectivity index (χ0n) is 11.6. The zero-order chi connectivity index (χ0) is 13.0. The summed E-state index contributed by atoms with van der Waals surface area (Å²) in [6.45, 7) is 7.81. The van der Waals surface area contributed by atoms with E-state index in [0.29, 0.717) is 12.0 Å². The summed E-state index contributed by atoms with van der Waals surface area (Å²) in [5, 5.41) is 6.33. The molecule has 18 heavy (non-hydrogen) atoms. The Labute approximate surface area is 110 Å². The highest BCUT2D eigenvalue weighted by Gasteiger charge is 2.17. The molecule has 2 unspecified atom stereocenters. The van der Waals surface area contributed by atoms with Gasteiger partial charge in [0.25, 0.3) is 0 Å². The molecule has 0 aliphatic rings. The number of fused-ring (bicyclic) bond motifs is 1. The molecule has 2 rings (SSSR count). The Kier molecular flexibility index (Phi) is 4.38. The molecule has 2 aromatic carbocycles. The summed E-state index contributed by atoms with van der Waals surface area (Å²) in [4.78, 5) is 0. The minimum absolute atomic E-state index is 0.543. The second-order valence-electron chi connectivity index (χ2n) is 4.93. The Morgan fingerprint density at radius 3 is 2.44 bits per heavy atom. The van der Waals surface area contributed by atoms with E-state index in [9.17, 15) is 0 Å². The maximum atomic E-state index is 3.60. The third-order valence-electron chi connectivity index (χ3n) is 3.82. The molecule has 0 aliphatic carbocycles. The lowest BCUT2D eigenvalue weighted by Gasteiger charge is -2.25. The lowest BCUT2D eigenvalue weighted by atomic mass is 9.88. The van der Waals surface area contributed by atoms with Crippen LogP contribution in [0.15, 0.2) is 42.5 Å². The Hall–Kier alpha value is -1.34. The first-order valence-electron chi connectivity index (χ1n) is 6.99. The molecule has 96 valence electrons. The Morgan fingerprint density at radius 2 is 1.72 bits per heavy atom. The minimum atomic E-state index is 0.543. The molecular weight excluding hydrogens is 218 g/mol. The molecule has 0 saturated heterocycles. The first kappa shape index (κ1) is 13.1. The maximum absolute atomic E-state index is 3.60. The normalized spacial score (nSPS) is 14.6. The molecule has 0 bridgehead atoms. The topological polar surface area (TPSA) is 12.0 Å². The quantitative estimate of drug-likeness (QED) is 0.821. The second kappa shape index (κ2) is 6.01. The third-order valence-corrected chi connectivity index (χ3v) is 3.82. The number of hydrogen-bond donors (Lipinski definition) is 1. The Bertz CT molecular complexity index is 498. The van der Waals surface area contributed by atoms with Gasteiger partial charge in [0.1, 0.15) is 0 Å². The summed E-state index contributed by atoms with van der Waals surface area (Å²) >= 11 is 0. The smallest absolute Gasteiger partial charge is 0.0131 e. The number of nitrogens with one attached hydrogen (secondary N) is 1. The van der Waals surface area contributed by atoms with E-state index in [1.54, 1.807) is 0 Å². The monoisotopic (exact) mass is 241 g/mol. The lowest BCUT2D eigenvalue weighted by molar-refractivity contribution is 0.450. The van der Waals surface area contributed by atoms with Crippen LogP contribution in [0.4, 0.5) is 0 Å². The van der Waals surface area contributed by atoms with E-state index in [4.69, 9.17) is 0 Å². The summed E-state index contributed by atoms with van der Waals surface area (Å²) in [6, 6.07) is 15.9. The van der Waals surface area contributed by atoms with Crippen molar-refractivity contribution < 1.29 is 0 Å². The fourth-order valence-electron chi connectivity index (χ4n) is 2.80. The van der Waals surface area contributed by atoms with Gasteiger partial charge < -0.3 is 5.32 Å². The van der Waals surface area contributed by atoms with E-state index in [0.717, 1.165) is 13.0 Å². The molecule has 2 aromatic rings. The van der Waals surface area contributed by atoms with Gasteiger partial charge in [-0.2, -0.15) is 0 Å². The van der Waals surface area contributed by atoms with Gasteiger partial charge in [0.05, 0.1) is 0 Å². The van der Waals surface area contributed by atoms with Crippen LogP contribution in [-0.4, -0.2) is 12.6 Å². The van der Waals surface area contributed by atoms with Crippen molar-refractivity contribution in [3.8, 4) is 0 Å². The van der Waals surface area contributed by atoms with E-state index in [2.05, 4.69) is 68.6 Å². The van der Waals surface area contributed by atoms with Crippen LogP contribution in [-0.2, 0) is 0 Å². The number of hydrogen-bond acceptors (Lipinski definition) is 1. The largest absolute Gasteiger partial charge is 0.314 e. The SMILES string of the molecule is CCNC(CC)C(C)c1cccc2ccccc12. The van der Waals surface area contributed by atoms with Gasteiger partial charge >= 0.3 is 0 Å². The van der Waals surface area contributed by atoms with E-state index < -0.39 is 0 Å². The van der Waals surface area contributed by atoms with Crippen LogP contribution in [0.1, 0.15) is 38.7 Å². The molecule has 0 amide bonds. The highest BCUT2D eigenvalue weighted by Crippen LogP contribution is 2.28. The molecule has 0 fully saturated rings. The standard InChI is InChI=1S/C17H23N/c1-4-17(18-5-2)13(3)15-12-8-10-14-9-6-7-11-16(14)15/h6-13,17-18H,4-5H2,1-3H3. The van der Waals surface area contributed by atoms with E-state index >= 15 is 0 Å². The van der Waals surface area contributed by atoms with E-state index in [1.165, 1.54) is 16.3 Å². The van der Waals surface area contributed by atoms with Crippen LogP contribution >= 0.6 is 0 Å². The van der Waals surface area contributed by atoms with Crippen molar-refractivity contribution in [1.82, 2.24) is 5.32 Å². The Morgan fingerprint density at radius 1 is 1.00 bits per heavy atom. The number of likely N-dealkylation sites (N-methyl/N-ethyl adjacent to an activating group) is 1. The highest BCUT2D eigenvalue weighted by atomic mass is 14.9. The molecule has 0 aliphatic heterocycles. The van der Waals surface area contributed by atoms with Crippen molar-refractivity contribution in [3.63, 3.8) is 0 Å². The van der Waals surface area contributed by atoms with Gasteiger partial charge in [-0.15, -0.1) is 0 Å². The van der Waals surface area contributed by atoms with E-state index in [1.807, 2.05) is 0 Å². The van der Waals surface area contributed by atoms with Gasteiger partial charge in [-0.05, 0) is 35.2 Å². The van der Waals surface area contributed by atoms with Crippen molar-refractivity contribution in [1.29, 1.82) is 0 Å². The van der Waals surface area contributed by atoms with Gasteiger partial charge in [0.15, 0.2) is 0 Å². The van der Waals surface area contributed by atoms with Crippen molar-refractivity contribution in [2.45, 2.75) is 39.2 Å². The Balaban J connectivity index is 2.40. The summed E-state index contributed by atoms with van der Waals surface area (Å²) in [5.41, 5.74) is 1.46. The van der Waals surface area contributed by atoms with Crippen LogP contribution in [0.3, 0.4) is 0 Å².